The second-order valence-electron chi connectivity index (χ2n) is 32.7. The highest BCUT2D eigenvalue weighted by Crippen LogP contribution is 2.47. The Balaban J connectivity index is 0.000000205. The summed E-state index contributed by atoms with van der Waals surface area (Å²) in [6, 6.07) is 53.1. The van der Waals surface area contributed by atoms with E-state index in [4.69, 9.17) is 18.9 Å². The average Bonchev–Trinajstić information content (AvgIpc) is 0.763. The number of amides is 4. The Labute approximate surface area is 732 Å². The largest absolute Gasteiger partial charge is 0.508 e. The van der Waals surface area contributed by atoms with Crippen LogP contribution in [0.2, 0.25) is 0 Å². The maximum Gasteiger partial charge on any atom is 0.319 e. The second-order valence-corrected chi connectivity index (χ2v) is 32.7. The number of hydrogen-bond acceptors (Lipinski definition) is 19. The standard InChI is InChI=1S/C34H40FN3O5.C32H36FN3O5.C28H28FNO4.C5H14N2/c1-22-27(14-9-15-30(22)35)31-28(32(39)23-10-7-12-25(18-23)42-5)20-38(34(41)37(4)17-16-36(2)3)21-29(31)33(40)24-11-8-13-26(19-24)43-6;1-20-25(12-7-13-28(20)33)29-26(30(39)21-8-5-10-23(37)16-21)18-36(32(41)35(4)15-14-34(2)3)19-27(29)31(40)22-9-6-11-24(38)17-22;1-17-22(11-6-12-25(17)29)26-23(27(31)18-7-4-9-20(13-18)33-2)15-30-16-24(26)28(32)19-8-5-10-21(14-19)34-3;1-6-4-5-7(2)3/h7-15,18-19,28-29,31H,16-17,20-21H2,1-6H3;5-13,16-17,26-27,29,37-38H,14-15,18-19H2,1-4H3;4-14,23-24,26,30H,15-16H2,1-3H3;6H,4-5H2,1-3H3/t28-,29+,31?;26-,27+,29?;23-,24+,26?;. The molecule has 0 bridgehead atoms. The van der Waals surface area contributed by atoms with E-state index in [0.29, 0.717) is 118 Å². The van der Waals surface area contributed by atoms with E-state index in [1.807, 2.05) is 51.1 Å². The number of carbonyl (C=O) groups is 8. The number of nitrogens with one attached hydrogen (secondary N) is 2. The first-order valence-corrected chi connectivity index (χ1v) is 41.7. The van der Waals surface area contributed by atoms with Gasteiger partial charge in [-0.25, -0.2) is 22.8 Å². The summed E-state index contributed by atoms with van der Waals surface area (Å²) in [6.45, 7) is 10.3. The molecule has 4 amide bonds. The average molecular weight is 1720 g/mol. The summed E-state index contributed by atoms with van der Waals surface area (Å²) in [5.41, 5.74) is 5.18. The molecule has 9 aromatic carbocycles. The van der Waals surface area contributed by atoms with Gasteiger partial charge in [0.05, 0.1) is 28.4 Å². The second kappa shape index (κ2) is 45.5. The van der Waals surface area contributed by atoms with Crippen LogP contribution in [0, 0.1) is 73.7 Å². The molecule has 3 fully saturated rings. The minimum absolute atomic E-state index is 0.00403. The summed E-state index contributed by atoms with van der Waals surface area (Å²) in [7, 11) is 23.3. The minimum Gasteiger partial charge on any atom is -0.508 e. The third-order valence-electron chi connectivity index (χ3n) is 23.5. The fourth-order valence-corrected chi connectivity index (χ4v) is 16.5. The molecule has 23 nitrogen and oxygen atoms in total. The number of rotatable bonds is 28. The van der Waals surface area contributed by atoms with Crippen LogP contribution in [0.4, 0.5) is 22.8 Å². The summed E-state index contributed by atoms with van der Waals surface area (Å²) in [4.78, 5) is 124. The van der Waals surface area contributed by atoms with Crippen LogP contribution in [0.25, 0.3) is 0 Å². The zero-order valence-corrected chi connectivity index (χ0v) is 74.3. The molecule has 0 aliphatic carbocycles. The number of piperidine rings is 3. The first kappa shape index (κ1) is 96.7. The van der Waals surface area contributed by atoms with E-state index in [1.165, 1.54) is 61.6 Å². The number of phenolic OH excluding ortho intramolecular Hbond substituents is 2. The lowest BCUT2D eigenvalue weighted by atomic mass is 9.68. The number of ketones is 6. The van der Waals surface area contributed by atoms with Gasteiger partial charge in [-0.05, 0) is 194 Å². The van der Waals surface area contributed by atoms with Crippen molar-refractivity contribution in [1.82, 2.24) is 44.9 Å². The van der Waals surface area contributed by atoms with Crippen LogP contribution in [0.1, 0.15) is 113 Å². The highest BCUT2D eigenvalue weighted by molar-refractivity contribution is 6.05. The van der Waals surface area contributed by atoms with Gasteiger partial charge in [-0.3, -0.25) is 28.8 Å². The summed E-state index contributed by atoms with van der Waals surface area (Å²) < 4.78 is 65.9. The summed E-state index contributed by atoms with van der Waals surface area (Å²) in [6.07, 6.45) is 0. The van der Waals surface area contributed by atoms with Gasteiger partial charge in [0.25, 0.3) is 0 Å². The van der Waals surface area contributed by atoms with Crippen molar-refractivity contribution in [3.05, 3.63) is 284 Å². The van der Waals surface area contributed by atoms with Crippen molar-refractivity contribution < 1.29 is 80.7 Å². The molecule has 0 saturated carbocycles. The van der Waals surface area contributed by atoms with Crippen molar-refractivity contribution in [3.8, 4) is 34.5 Å². The third kappa shape index (κ3) is 24.7. The van der Waals surface area contributed by atoms with Crippen molar-refractivity contribution in [1.29, 1.82) is 0 Å². The quantitative estimate of drug-likeness (QED) is 0.0332. The number of methoxy groups -OCH3 is 4. The van der Waals surface area contributed by atoms with Gasteiger partial charge in [0.2, 0.25) is 0 Å². The van der Waals surface area contributed by atoms with Crippen molar-refractivity contribution >= 4 is 46.8 Å². The zero-order valence-electron chi connectivity index (χ0n) is 74.3. The van der Waals surface area contributed by atoms with E-state index in [1.54, 1.807) is 215 Å². The monoisotopic (exact) mass is 1710 g/mol. The van der Waals surface area contributed by atoms with Crippen molar-refractivity contribution in [3.63, 3.8) is 0 Å². The number of Topliss-reactive ketones (excluding diaryl/α,β-unsaturated/α-hetero) is 6. The summed E-state index contributed by atoms with van der Waals surface area (Å²) >= 11 is 0. The van der Waals surface area contributed by atoms with E-state index in [0.717, 1.165) is 13.1 Å². The molecule has 0 aromatic heterocycles. The molecular weight excluding hydrogens is 1600 g/mol. The Morgan fingerprint density at radius 2 is 0.608 bits per heavy atom. The lowest BCUT2D eigenvalue weighted by molar-refractivity contribution is 0.0583. The van der Waals surface area contributed by atoms with Gasteiger partial charge < -0.3 is 74.1 Å². The minimum atomic E-state index is -0.913. The number of likely N-dealkylation sites (N-methyl/N-ethyl adjacent to an activating group) is 6. The molecule has 3 unspecified atom stereocenters. The summed E-state index contributed by atoms with van der Waals surface area (Å²) in [5, 5.41) is 26.5. The molecule has 9 atom stereocenters. The normalized spacial score (nSPS) is 18.5. The van der Waals surface area contributed by atoms with Crippen LogP contribution in [-0.4, -0.2) is 262 Å². The third-order valence-corrected chi connectivity index (χ3v) is 23.5. The molecule has 3 aliphatic rings. The topological polar surface area (TPSA) is 261 Å². The van der Waals surface area contributed by atoms with Crippen LogP contribution in [0.15, 0.2) is 200 Å². The van der Waals surface area contributed by atoms with E-state index >= 15 is 4.39 Å². The first-order chi connectivity index (χ1) is 59.7. The molecule has 9 aromatic rings. The maximum atomic E-state index is 15.0. The van der Waals surface area contributed by atoms with Crippen molar-refractivity contribution in [2.75, 3.05) is 170 Å². The number of carbonyl (C=O) groups excluding carboxylic acids is 8. The van der Waals surface area contributed by atoms with Gasteiger partial charge in [0.1, 0.15) is 51.9 Å². The van der Waals surface area contributed by atoms with Crippen molar-refractivity contribution in [2.24, 2.45) is 35.5 Å². The van der Waals surface area contributed by atoms with Crippen LogP contribution in [-0.2, 0) is 0 Å². The fourth-order valence-electron chi connectivity index (χ4n) is 16.5. The number of halogens is 3. The lowest BCUT2D eigenvalue weighted by Crippen LogP contribution is -2.55. The fraction of sp³-hybridized carbons (Fsp3) is 0.374. The van der Waals surface area contributed by atoms with Crippen LogP contribution >= 0.6 is 0 Å². The van der Waals surface area contributed by atoms with Crippen LogP contribution < -0.4 is 29.6 Å². The number of likely N-dealkylation sites (tertiary alicyclic amines) is 2. The predicted molar refractivity (Wildman–Crippen MR) is 478 cm³/mol. The molecule has 3 aliphatic heterocycles. The number of nitrogens with zero attached hydrogens (tertiary/aromatic N) is 7. The van der Waals surface area contributed by atoms with Gasteiger partial charge in [-0.15, -0.1) is 0 Å². The first-order valence-electron chi connectivity index (χ1n) is 41.7. The molecule has 0 radical (unpaired) electrons. The zero-order chi connectivity index (χ0) is 91.0. The Kier molecular flexibility index (Phi) is 35.2. The lowest BCUT2D eigenvalue weighted by Gasteiger charge is -2.44. The molecule has 125 heavy (non-hydrogen) atoms. The highest BCUT2D eigenvalue weighted by atomic mass is 19.1. The van der Waals surface area contributed by atoms with Crippen molar-refractivity contribution in [2.45, 2.75) is 38.5 Å². The number of aromatic hydroxyl groups is 2. The molecule has 664 valence electrons. The Morgan fingerprint density at radius 3 is 0.856 bits per heavy atom. The molecule has 3 saturated heterocycles. The van der Waals surface area contributed by atoms with Gasteiger partial charge in [0.15, 0.2) is 34.7 Å². The summed E-state index contributed by atoms with van der Waals surface area (Å²) in [5.74, 6) is -7.20. The van der Waals surface area contributed by atoms with Gasteiger partial charge in [0, 0.05) is 179 Å². The molecule has 4 N–H and O–H groups in total. The van der Waals surface area contributed by atoms with Crippen LogP contribution in [0.5, 0.6) is 34.5 Å². The van der Waals surface area contributed by atoms with E-state index in [-0.39, 0.29) is 101 Å². The number of phenols is 2. The molecule has 26 heteroatoms. The number of ether oxygens (including phenoxy) is 4. The Morgan fingerprint density at radius 1 is 0.360 bits per heavy atom. The molecule has 0 spiro atoms. The Bertz CT molecular complexity index is 5040. The van der Waals surface area contributed by atoms with Gasteiger partial charge >= 0.3 is 12.1 Å². The number of hydrogen-bond donors (Lipinski definition) is 4. The Hall–Kier alpha value is -12.1. The predicted octanol–water partition coefficient (Wildman–Crippen LogP) is 14.3. The van der Waals surface area contributed by atoms with Crippen LogP contribution in [0.3, 0.4) is 0 Å². The van der Waals surface area contributed by atoms with E-state index < -0.39 is 64.9 Å². The highest BCUT2D eigenvalue weighted by Gasteiger charge is 2.50. The maximum absolute atomic E-state index is 15.0. The molecule has 3 heterocycles. The smallest absolute Gasteiger partial charge is 0.319 e. The molecule has 12 rings (SSSR count). The SMILES string of the molecule is CNCCN(C)C.COc1cccc(C(=O)[C@H]2CN(C(=O)N(C)CCN(C)C)C[C@@H](C(=O)c3cccc(OC)c3)C2c2cccc(F)c2C)c1.COc1cccc(C(=O)[C@H]2CNC[C@@H](C(=O)c3cccc(OC)c3)C2c2cccc(F)c2C)c1.Cc1c(F)cccc1C1[C@@H](C(=O)c2cccc(O)c2)CN(C(=O)N(C)CCN(C)C)C[C@H]1C(=O)c1cccc(O)c1. The van der Waals surface area contributed by atoms with Gasteiger partial charge in [-0.1, -0.05) is 109 Å². The number of urea groups is 2. The van der Waals surface area contributed by atoms with E-state index in [9.17, 15) is 57.4 Å². The van der Waals surface area contributed by atoms with E-state index in [2.05, 4.69) is 29.6 Å². The van der Waals surface area contributed by atoms with Gasteiger partial charge in [-0.2, -0.15) is 0 Å². The number of benzene rings is 9. The molecular formula is C99H118F3N9O14.